The summed E-state index contributed by atoms with van der Waals surface area (Å²) in [6.07, 6.45) is 1.67. The van der Waals surface area contributed by atoms with E-state index < -0.39 is 11.8 Å². The first-order valence-corrected chi connectivity index (χ1v) is 8.66. The Labute approximate surface area is 160 Å². The highest BCUT2D eigenvalue weighted by molar-refractivity contribution is 6.39. The van der Waals surface area contributed by atoms with Crippen LogP contribution in [0.2, 0.25) is 0 Å². The minimum absolute atomic E-state index is 0.0885. The summed E-state index contributed by atoms with van der Waals surface area (Å²) in [7, 11) is 1.81. The Balaban J connectivity index is 1.33. The average Bonchev–Trinajstić information content (AvgIpc) is 3.34. The Bertz CT molecular complexity index is 1020. The third-order valence-corrected chi connectivity index (χ3v) is 4.16. The fourth-order valence-corrected chi connectivity index (χ4v) is 2.78. The van der Waals surface area contributed by atoms with Crippen molar-refractivity contribution in [3.8, 4) is 23.0 Å². The number of furan rings is 1. The Morgan fingerprint density at radius 2 is 1.89 bits per heavy atom. The molecule has 0 saturated heterocycles. The van der Waals surface area contributed by atoms with Gasteiger partial charge in [-0.15, -0.1) is 0 Å². The van der Waals surface area contributed by atoms with Gasteiger partial charge < -0.3 is 24.5 Å². The van der Waals surface area contributed by atoms with Gasteiger partial charge in [-0.3, -0.25) is 14.3 Å². The van der Waals surface area contributed by atoms with Gasteiger partial charge >= 0.3 is 11.8 Å². The first kappa shape index (κ1) is 17.7. The number of fused-ring (bicyclic) bond motifs is 1. The van der Waals surface area contributed by atoms with Crippen molar-refractivity contribution in [2.45, 2.75) is 6.54 Å². The van der Waals surface area contributed by atoms with E-state index in [2.05, 4.69) is 15.7 Å². The SMILES string of the molecule is Cn1nccc1-c1ccc(CNC(=O)C(=O)Nc2ccc3c(c2)OCCO3)o1. The third-order valence-electron chi connectivity index (χ3n) is 4.16. The largest absolute Gasteiger partial charge is 0.486 e. The molecule has 1 aliphatic heterocycles. The molecule has 2 N–H and O–H groups in total. The van der Waals surface area contributed by atoms with Gasteiger partial charge in [-0.1, -0.05) is 0 Å². The van der Waals surface area contributed by atoms with Gasteiger partial charge in [0.2, 0.25) is 0 Å². The number of hydrogen-bond acceptors (Lipinski definition) is 6. The first-order valence-electron chi connectivity index (χ1n) is 8.66. The number of nitrogens with zero attached hydrogens (tertiary/aromatic N) is 2. The number of aromatic nitrogens is 2. The minimum atomic E-state index is -0.782. The van der Waals surface area contributed by atoms with Crippen LogP contribution >= 0.6 is 0 Å². The molecule has 9 heteroatoms. The normalized spacial score (nSPS) is 12.5. The van der Waals surface area contributed by atoms with Crippen molar-refractivity contribution in [2.24, 2.45) is 7.05 Å². The number of rotatable bonds is 4. The number of ether oxygens (including phenoxy) is 2. The van der Waals surface area contributed by atoms with Crippen molar-refractivity contribution >= 4 is 17.5 Å². The molecule has 28 heavy (non-hydrogen) atoms. The topological polar surface area (TPSA) is 108 Å². The summed E-state index contributed by atoms with van der Waals surface area (Å²) in [5.74, 6) is 0.739. The molecular weight excluding hydrogens is 364 g/mol. The second-order valence-corrected chi connectivity index (χ2v) is 6.10. The number of benzene rings is 1. The molecule has 3 aromatic rings. The van der Waals surface area contributed by atoms with Crippen molar-refractivity contribution in [2.75, 3.05) is 18.5 Å². The van der Waals surface area contributed by atoms with Crippen LogP contribution in [0.5, 0.6) is 11.5 Å². The van der Waals surface area contributed by atoms with Crippen LogP contribution in [0, 0.1) is 0 Å². The summed E-state index contributed by atoms with van der Waals surface area (Å²) in [4.78, 5) is 24.2. The van der Waals surface area contributed by atoms with Gasteiger partial charge in [-0.25, -0.2) is 0 Å². The summed E-state index contributed by atoms with van der Waals surface area (Å²) in [5, 5.41) is 9.15. The lowest BCUT2D eigenvalue weighted by Gasteiger charge is -2.18. The summed E-state index contributed by atoms with van der Waals surface area (Å²) in [6.45, 7) is 1.01. The molecule has 4 rings (SSSR count). The molecule has 3 heterocycles. The van der Waals surface area contributed by atoms with Gasteiger partial charge in [-0.2, -0.15) is 5.10 Å². The molecule has 2 aromatic heterocycles. The summed E-state index contributed by atoms with van der Waals surface area (Å²) in [6, 6.07) is 10.3. The lowest BCUT2D eigenvalue weighted by atomic mass is 10.2. The quantitative estimate of drug-likeness (QED) is 0.665. The monoisotopic (exact) mass is 382 g/mol. The number of aryl methyl sites for hydroxylation is 1. The van der Waals surface area contributed by atoms with E-state index in [-0.39, 0.29) is 6.54 Å². The number of carbonyl (C=O) groups is 2. The Kier molecular flexibility index (Phi) is 4.71. The van der Waals surface area contributed by atoms with Gasteiger partial charge in [0, 0.05) is 25.0 Å². The molecule has 0 fully saturated rings. The molecular formula is C19H18N4O5. The van der Waals surface area contributed by atoms with E-state index in [0.717, 1.165) is 5.69 Å². The first-order chi connectivity index (χ1) is 13.6. The van der Waals surface area contributed by atoms with Crippen molar-refractivity contribution in [1.29, 1.82) is 0 Å². The van der Waals surface area contributed by atoms with E-state index in [1.807, 2.05) is 13.1 Å². The third kappa shape index (κ3) is 3.68. The number of hydrogen-bond donors (Lipinski definition) is 2. The number of anilines is 1. The molecule has 0 aliphatic carbocycles. The molecule has 144 valence electrons. The molecule has 0 saturated carbocycles. The Morgan fingerprint density at radius 3 is 2.68 bits per heavy atom. The maximum Gasteiger partial charge on any atom is 0.313 e. The second-order valence-electron chi connectivity index (χ2n) is 6.10. The number of amides is 2. The van der Waals surface area contributed by atoms with E-state index in [9.17, 15) is 9.59 Å². The zero-order valence-corrected chi connectivity index (χ0v) is 15.1. The number of nitrogens with one attached hydrogen (secondary N) is 2. The van der Waals surface area contributed by atoms with Crippen LogP contribution in [-0.4, -0.2) is 34.8 Å². The molecule has 9 nitrogen and oxygen atoms in total. The van der Waals surface area contributed by atoms with Crippen molar-refractivity contribution in [3.63, 3.8) is 0 Å². The van der Waals surface area contributed by atoms with Crippen LogP contribution in [0.3, 0.4) is 0 Å². The van der Waals surface area contributed by atoms with Crippen molar-refractivity contribution < 1.29 is 23.5 Å². The van der Waals surface area contributed by atoms with E-state index in [1.165, 1.54) is 0 Å². The average molecular weight is 382 g/mol. The molecule has 0 unspecified atom stereocenters. The zero-order valence-electron chi connectivity index (χ0n) is 15.1. The van der Waals surface area contributed by atoms with Gasteiger partial charge in [0.15, 0.2) is 17.3 Å². The summed E-state index contributed by atoms with van der Waals surface area (Å²) < 4.78 is 18.2. The van der Waals surface area contributed by atoms with Gasteiger partial charge in [0.05, 0.1) is 6.54 Å². The molecule has 0 bridgehead atoms. The van der Waals surface area contributed by atoms with Crippen LogP contribution in [0.1, 0.15) is 5.76 Å². The standard InChI is InChI=1S/C19H18N4O5/c1-23-14(6-7-21-23)15-5-3-13(28-15)11-20-18(24)19(25)22-12-2-4-16-17(10-12)27-9-8-26-16/h2-7,10H,8-9,11H2,1H3,(H,20,24)(H,22,25). The molecule has 0 radical (unpaired) electrons. The summed E-state index contributed by atoms with van der Waals surface area (Å²) >= 11 is 0. The van der Waals surface area contributed by atoms with Crippen molar-refractivity contribution in [1.82, 2.24) is 15.1 Å². The van der Waals surface area contributed by atoms with Crippen LogP contribution < -0.4 is 20.1 Å². The fraction of sp³-hybridized carbons (Fsp3) is 0.211. The van der Waals surface area contributed by atoms with Crippen LogP contribution in [0.15, 0.2) is 47.0 Å². The zero-order chi connectivity index (χ0) is 19.5. The molecule has 1 aliphatic rings. The Hall–Kier alpha value is -3.75. The predicted molar refractivity (Wildman–Crippen MR) is 98.8 cm³/mol. The van der Waals surface area contributed by atoms with Gasteiger partial charge in [0.1, 0.15) is 24.7 Å². The van der Waals surface area contributed by atoms with E-state index in [4.69, 9.17) is 13.9 Å². The van der Waals surface area contributed by atoms with Crippen LogP contribution in [0.25, 0.3) is 11.5 Å². The summed E-state index contributed by atoms with van der Waals surface area (Å²) in [5.41, 5.74) is 1.26. The molecule has 1 aromatic carbocycles. The van der Waals surface area contributed by atoms with E-state index in [1.54, 1.807) is 41.2 Å². The Morgan fingerprint density at radius 1 is 1.07 bits per heavy atom. The molecule has 0 atom stereocenters. The molecule has 2 amide bonds. The maximum absolute atomic E-state index is 12.1. The second kappa shape index (κ2) is 7.47. The maximum atomic E-state index is 12.1. The highest BCUT2D eigenvalue weighted by Gasteiger charge is 2.17. The van der Waals surface area contributed by atoms with Crippen LogP contribution in [-0.2, 0) is 23.2 Å². The lowest BCUT2D eigenvalue weighted by Crippen LogP contribution is -2.34. The van der Waals surface area contributed by atoms with Crippen molar-refractivity contribution in [3.05, 3.63) is 48.4 Å². The van der Waals surface area contributed by atoms with Gasteiger partial charge in [0.25, 0.3) is 0 Å². The highest BCUT2D eigenvalue weighted by Crippen LogP contribution is 2.32. The molecule has 0 spiro atoms. The minimum Gasteiger partial charge on any atom is -0.486 e. The van der Waals surface area contributed by atoms with Crippen LogP contribution in [0.4, 0.5) is 5.69 Å². The van der Waals surface area contributed by atoms with E-state index >= 15 is 0 Å². The number of carbonyl (C=O) groups excluding carboxylic acids is 2. The van der Waals surface area contributed by atoms with Gasteiger partial charge in [-0.05, 0) is 30.3 Å². The fourth-order valence-electron chi connectivity index (χ4n) is 2.78. The van der Waals surface area contributed by atoms with E-state index in [0.29, 0.717) is 41.9 Å². The predicted octanol–water partition coefficient (Wildman–Crippen LogP) is 1.71. The lowest BCUT2D eigenvalue weighted by molar-refractivity contribution is -0.136. The smallest absolute Gasteiger partial charge is 0.313 e. The highest BCUT2D eigenvalue weighted by atomic mass is 16.6.